The summed E-state index contributed by atoms with van der Waals surface area (Å²) in [7, 11) is 3.29. The number of carbonyl (C=O) groups excluding carboxylic acids is 6. The van der Waals surface area contributed by atoms with Crippen LogP contribution >= 0.6 is 0 Å². The average Bonchev–Trinajstić information content (AvgIpc) is 3.78. The van der Waals surface area contributed by atoms with Gasteiger partial charge in [-0.05, 0) is 141 Å². The number of hydrogen-bond donors (Lipinski definition) is 5. The Kier molecular flexibility index (Phi) is 23.5. The lowest BCUT2D eigenvalue weighted by atomic mass is 9.94. The van der Waals surface area contributed by atoms with E-state index in [1.165, 1.54) is 0 Å². The molecule has 0 radical (unpaired) electrons. The molecule has 16 heteroatoms. The maximum absolute atomic E-state index is 14.5. The van der Waals surface area contributed by atoms with Crippen LogP contribution in [-0.2, 0) is 41.5 Å². The molecule has 0 bridgehead atoms. The van der Waals surface area contributed by atoms with Crippen molar-refractivity contribution in [3.8, 4) is 11.5 Å². The molecule has 2 aromatic carbocycles. The van der Waals surface area contributed by atoms with Crippen LogP contribution in [0.2, 0.25) is 0 Å². The van der Waals surface area contributed by atoms with Gasteiger partial charge in [0, 0.05) is 24.7 Å². The molecule has 0 aliphatic carbocycles. The van der Waals surface area contributed by atoms with Gasteiger partial charge in [-0.25, -0.2) is 9.59 Å². The lowest BCUT2D eigenvalue weighted by Gasteiger charge is -2.30. The van der Waals surface area contributed by atoms with Crippen molar-refractivity contribution in [2.45, 2.75) is 170 Å². The van der Waals surface area contributed by atoms with Gasteiger partial charge in [-0.1, -0.05) is 70.2 Å². The summed E-state index contributed by atoms with van der Waals surface area (Å²) in [6.07, 6.45) is 6.23. The van der Waals surface area contributed by atoms with Crippen molar-refractivity contribution in [3.05, 3.63) is 70.3 Å². The minimum Gasteiger partial charge on any atom is -0.496 e. The maximum Gasteiger partial charge on any atom is 0.408 e. The molecule has 6 amide bonds. The van der Waals surface area contributed by atoms with E-state index in [9.17, 15) is 28.8 Å². The predicted octanol–water partition coefficient (Wildman–Crippen LogP) is 7.56. The van der Waals surface area contributed by atoms with Gasteiger partial charge in [0.1, 0.15) is 35.2 Å². The molecule has 1 saturated heterocycles. The van der Waals surface area contributed by atoms with Gasteiger partial charge in [0.25, 0.3) is 0 Å². The lowest BCUT2D eigenvalue weighted by Crippen LogP contribution is -2.58. The van der Waals surface area contributed by atoms with Crippen molar-refractivity contribution in [3.63, 3.8) is 0 Å². The second kappa shape index (κ2) is 28.1. The molecule has 5 atom stereocenters. The van der Waals surface area contributed by atoms with E-state index in [0.717, 1.165) is 39.3 Å². The van der Waals surface area contributed by atoms with Crippen LogP contribution in [0.1, 0.15) is 129 Å². The van der Waals surface area contributed by atoms with Gasteiger partial charge in [0.2, 0.25) is 23.6 Å². The first-order chi connectivity index (χ1) is 33.0. The highest BCUT2D eigenvalue weighted by molar-refractivity contribution is 5.95. The van der Waals surface area contributed by atoms with Gasteiger partial charge in [-0.3, -0.25) is 19.2 Å². The molecule has 16 nitrogen and oxygen atoms in total. The van der Waals surface area contributed by atoms with Crippen LogP contribution in [0.15, 0.2) is 42.5 Å². The summed E-state index contributed by atoms with van der Waals surface area (Å²) in [5, 5.41) is 14.3. The van der Waals surface area contributed by atoms with Crippen molar-refractivity contribution >= 4 is 35.8 Å². The minimum atomic E-state index is -1.02. The smallest absolute Gasteiger partial charge is 0.408 e. The Balaban J connectivity index is 1.68. The van der Waals surface area contributed by atoms with Crippen LogP contribution in [0, 0.1) is 38.5 Å². The van der Waals surface area contributed by atoms with E-state index in [0.29, 0.717) is 51.5 Å². The molecule has 0 aromatic heterocycles. The van der Waals surface area contributed by atoms with E-state index in [2.05, 4.69) is 40.4 Å². The molecule has 390 valence electrons. The van der Waals surface area contributed by atoms with Crippen molar-refractivity contribution in [1.82, 2.24) is 31.5 Å². The Morgan fingerprint density at radius 3 is 2.04 bits per heavy atom. The van der Waals surface area contributed by atoms with E-state index < -0.39 is 65.6 Å². The lowest BCUT2D eigenvalue weighted by molar-refractivity contribution is -0.141. The van der Waals surface area contributed by atoms with Gasteiger partial charge >= 0.3 is 12.2 Å². The molecule has 0 unspecified atom stereocenters. The third-order valence-electron chi connectivity index (χ3n) is 12.2. The fourth-order valence-electron chi connectivity index (χ4n) is 8.74. The Morgan fingerprint density at radius 1 is 0.786 bits per heavy atom. The molecule has 3 rings (SSSR count). The van der Waals surface area contributed by atoms with Crippen molar-refractivity contribution in [2.75, 3.05) is 33.9 Å². The van der Waals surface area contributed by atoms with Gasteiger partial charge in [0.05, 0.1) is 32.8 Å². The van der Waals surface area contributed by atoms with Crippen LogP contribution in [0.4, 0.5) is 9.59 Å². The Hall–Kier alpha value is -5.80. The Bertz CT molecular complexity index is 2080. The van der Waals surface area contributed by atoms with E-state index in [-0.39, 0.29) is 43.4 Å². The molecule has 70 heavy (non-hydrogen) atoms. The second-order valence-electron chi connectivity index (χ2n) is 20.4. The summed E-state index contributed by atoms with van der Waals surface area (Å²) < 4.78 is 22.4. The molecule has 1 aliphatic rings. The standard InChI is InChI=1S/C54H84N6O10/c1-33(2)31-41(57-53(66)70-54(10,11)12)27-26-40(32-39-21-16-15-17-22-39)51(64)60-29-19-25-44(60)49(62)59-45(34(3)4)50(63)58-43(48(61)56-35(5)6)24-18-28-55-52(65)69-30-20-23-42-38(9)46(67-13)36(7)37(8)47(42)68-14/h15-17,21-22,26-27,33-35,40-41,43-45H,18-20,23-25,28-32H2,1-14H3,(H,55,65)(H,56,61)(H,57,66)(H,58,63)(H,59,62)/b27-26+/t40-,41-,43+,44+,45+/m1/s1. The number of ether oxygens (including phenoxy) is 4. The molecule has 1 fully saturated rings. The van der Waals surface area contributed by atoms with Crippen molar-refractivity contribution < 1.29 is 47.7 Å². The van der Waals surface area contributed by atoms with Crippen LogP contribution in [0.3, 0.4) is 0 Å². The number of benzene rings is 2. The Labute approximate surface area is 417 Å². The highest BCUT2D eigenvalue weighted by atomic mass is 16.6. The topological polar surface area (TPSA) is 203 Å². The monoisotopic (exact) mass is 977 g/mol. The summed E-state index contributed by atoms with van der Waals surface area (Å²) in [5.74, 6) is -0.802. The van der Waals surface area contributed by atoms with E-state index in [1.54, 1.807) is 53.7 Å². The van der Waals surface area contributed by atoms with Gasteiger partial charge < -0.3 is 50.4 Å². The van der Waals surface area contributed by atoms with Crippen LogP contribution in [-0.4, -0.2) is 110 Å². The first-order valence-electron chi connectivity index (χ1n) is 25.0. The largest absolute Gasteiger partial charge is 0.496 e. The number of carbonyl (C=O) groups is 6. The predicted molar refractivity (Wildman–Crippen MR) is 273 cm³/mol. The molecule has 1 aliphatic heterocycles. The van der Waals surface area contributed by atoms with Crippen molar-refractivity contribution in [2.24, 2.45) is 17.8 Å². The minimum absolute atomic E-state index is 0.174. The molecular formula is C54H84N6O10. The van der Waals surface area contributed by atoms with Gasteiger partial charge in [0.15, 0.2) is 0 Å². The third kappa shape index (κ3) is 18.5. The van der Waals surface area contributed by atoms with E-state index >= 15 is 0 Å². The van der Waals surface area contributed by atoms with E-state index in [4.69, 9.17) is 18.9 Å². The van der Waals surface area contributed by atoms with Crippen LogP contribution < -0.4 is 36.1 Å². The number of methoxy groups -OCH3 is 2. The maximum atomic E-state index is 14.5. The first kappa shape index (κ1) is 58.5. The number of nitrogens with one attached hydrogen (secondary N) is 5. The number of rotatable bonds is 25. The first-order valence-corrected chi connectivity index (χ1v) is 25.0. The highest BCUT2D eigenvalue weighted by Gasteiger charge is 2.39. The molecular weight excluding hydrogens is 893 g/mol. The van der Waals surface area contributed by atoms with E-state index in [1.807, 2.05) is 77.1 Å². The molecule has 1 heterocycles. The average molecular weight is 977 g/mol. The molecule has 5 N–H and O–H groups in total. The zero-order valence-corrected chi connectivity index (χ0v) is 44.5. The zero-order chi connectivity index (χ0) is 52.3. The summed E-state index contributed by atoms with van der Waals surface area (Å²) in [6.45, 7) is 23.4. The third-order valence-corrected chi connectivity index (χ3v) is 12.2. The fraction of sp³-hybridized carbons (Fsp3) is 0.630. The van der Waals surface area contributed by atoms with Gasteiger partial charge in [-0.2, -0.15) is 0 Å². The summed E-state index contributed by atoms with van der Waals surface area (Å²) in [4.78, 5) is 83.2. The number of alkyl carbamates (subject to hydrolysis) is 2. The summed E-state index contributed by atoms with van der Waals surface area (Å²) in [6, 6.07) is 6.22. The highest BCUT2D eigenvalue weighted by Crippen LogP contribution is 2.38. The summed E-state index contributed by atoms with van der Waals surface area (Å²) >= 11 is 0. The second-order valence-corrected chi connectivity index (χ2v) is 20.4. The number of nitrogens with zero attached hydrogens (tertiary/aromatic N) is 1. The van der Waals surface area contributed by atoms with Gasteiger partial charge in [-0.15, -0.1) is 0 Å². The number of likely N-dealkylation sites (tertiary alicyclic amines) is 1. The Morgan fingerprint density at radius 2 is 1.44 bits per heavy atom. The SMILES string of the molecule is COc1c(C)c(C)c(OC)c(CCCOC(=O)NCCC[C@H](NC(=O)[C@@H](NC(=O)[C@@H]2CCCN2C(=O)[C@H](/C=C/[C@H](CC(C)C)NC(=O)OC(C)(C)C)Cc2ccccc2)C(C)C)C(=O)NC(C)C)c1C. The quantitative estimate of drug-likeness (QED) is 0.0488. The molecule has 2 aromatic rings. The van der Waals surface area contributed by atoms with Crippen LogP contribution in [0.5, 0.6) is 11.5 Å². The fourth-order valence-corrected chi connectivity index (χ4v) is 8.74. The summed E-state index contributed by atoms with van der Waals surface area (Å²) in [5.41, 5.74) is 4.27. The molecule has 0 spiro atoms. The zero-order valence-electron chi connectivity index (χ0n) is 44.5. The molecule has 0 saturated carbocycles. The number of hydrogen-bond acceptors (Lipinski definition) is 10. The number of amides is 6. The van der Waals surface area contributed by atoms with Crippen LogP contribution in [0.25, 0.3) is 0 Å². The van der Waals surface area contributed by atoms with Crippen molar-refractivity contribution in [1.29, 1.82) is 0 Å². The normalized spacial score (nSPS) is 15.6.